The normalized spacial score (nSPS) is 18.9. The maximum Gasteiger partial charge on any atom is 0.339 e. The molecule has 0 spiro atoms. The lowest BCUT2D eigenvalue weighted by Crippen LogP contribution is -2.21. The van der Waals surface area contributed by atoms with Crippen LogP contribution in [-0.4, -0.2) is 30.3 Å². The van der Waals surface area contributed by atoms with E-state index in [9.17, 15) is 9.90 Å². The summed E-state index contributed by atoms with van der Waals surface area (Å²) in [6.45, 7) is 3.41. The first-order chi connectivity index (χ1) is 8.50. The Hall–Kier alpha value is -0.780. The van der Waals surface area contributed by atoms with Crippen LogP contribution in [0.3, 0.4) is 0 Å². The van der Waals surface area contributed by atoms with E-state index >= 15 is 0 Å². The fraction of sp³-hybridized carbons (Fsp3) is 0.417. The van der Waals surface area contributed by atoms with Gasteiger partial charge in [-0.15, -0.1) is 0 Å². The van der Waals surface area contributed by atoms with Crippen molar-refractivity contribution in [1.29, 1.82) is 0 Å². The molecule has 0 aromatic heterocycles. The van der Waals surface area contributed by atoms with Crippen molar-refractivity contribution >= 4 is 33.5 Å². The summed E-state index contributed by atoms with van der Waals surface area (Å²) in [7, 11) is 0. The van der Waals surface area contributed by atoms with Crippen LogP contribution in [0, 0.1) is 6.92 Å². The maximum absolute atomic E-state index is 11.2. The van der Waals surface area contributed by atoms with E-state index in [1.54, 1.807) is 0 Å². The lowest BCUT2D eigenvalue weighted by molar-refractivity contribution is 0.0689. The molecule has 98 valence electrons. The summed E-state index contributed by atoms with van der Waals surface area (Å²) in [6, 6.07) is 1.53. The summed E-state index contributed by atoms with van der Waals surface area (Å²) in [5.74, 6) is -0.780. The van der Waals surface area contributed by atoms with Crippen LogP contribution in [0.15, 0.2) is 10.5 Å². The van der Waals surface area contributed by atoms with Crippen molar-refractivity contribution in [3.8, 4) is 5.75 Å². The molecular formula is C12H13BrClNO3. The summed E-state index contributed by atoms with van der Waals surface area (Å²) in [5, 5.41) is 12.7. The number of nitrogens with one attached hydrogen (secondary N) is 1. The van der Waals surface area contributed by atoms with Crippen LogP contribution in [0.1, 0.15) is 22.3 Å². The van der Waals surface area contributed by atoms with Crippen LogP contribution in [0.2, 0.25) is 5.02 Å². The van der Waals surface area contributed by atoms with Gasteiger partial charge in [-0.05, 0) is 31.5 Å². The van der Waals surface area contributed by atoms with Crippen molar-refractivity contribution in [3.05, 3.63) is 26.7 Å². The van der Waals surface area contributed by atoms with E-state index in [1.807, 2.05) is 6.92 Å². The number of benzene rings is 1. The zero-order chi connectivity index (χ0) is 13.3. The quantitative estimate of drug-likeness (QED) is 0.892. The minimum atomic E-state index is -1.04. The molecule has 1 saturated heterocycles. The molecule has 18 heavy (non-hydrogen) atoms. The van der Waals surface area contributed by atoms with Gasteiger partial charge in [-0.25, -0.2) is 4.79 Å². The number of carboxylic acid groups (broad SMARTS) is 1. The van der Waals surface area contributed by atoms with E-state index < -0.39 is 5.97 Å². The van der Waals surface area contributed by atoms with E-state index in [2.05, 4.69) is 21.2 Å². The molecule has 0 amide bonds. The highest BCUT2D eigenvalue weighted by Gasteiger charge is 2.24. The number of ether oxygens (including phenoxy) is 1. The summed E-state index contributed by atoms with van der Waals surface area (Å²) in [4.78, 5) is 11.2. The fourth-order valence-corrected chi connectivity index (χ4v) is 2.65. The van der Waals surface area contributed by atoms with E-state index in [4.69, 9.17) is 16.3 Å². The Labute approximate surface area is 118 Å². The van der Waals surface area contributed by atoms with Crippen LogP contribution >= 0.6 is 27.5 Å². The summed E-state index contributed by atoms with van der Waals surface area (Å²) < 4.78 is 6.41. The maximum atomic E-state index is 11.2. The highest BCUT2D eigenvalue weighted by atomic mass is 79.9. The number of hydrogen-bond acceptors (Lipinski definition) is 3. The first-order valence-electron chi connectivity index (χ1n) is 5.60. The standard InChI is InChI=1S/C12H13BrClNO3/c1-6-9(13)4-8(12(16)17)11(10(6)14)18-7-2-3-15-5-7/h4,7,15H,2-3,5H2,1H3,(H,16,17)/t7-/m0/s1. The van der Waals surface area contributed by atoms with E-state index in [0.29, 0.717) is 16.0 Å². The Morgan fingerprint density at radius 2 is 2.39 bits per heavy atom. The minimum Gasteiger partial charge on any atom is -0.487 e. The molecule has 0 bridgehead atoms. The van der Waals surface area contributed by atoms with E-state index in [1.165, 1.54) is 6.07 Å². The van der Waals surface area contributed by atoms with Crippen molar-refractivity contribution in [1.82, 2.24) is 5.32 Å². The number of rotatable bonds is 3. The Morgan fingerprint density at radius 3 is 2.94 bits per heavy atom. The summed E-state index contributed by atoms with van der Waals surface area (Å²) >= 11 is 9.48. The number of hydrogen-bond donors (Lipinski definition) is 2. The molecule has 1 heterocycles. The van der Waals surface area contributed by atoms with Crippen LogP contribution in [0.4, 0.5) is 0 Å². The van der Waals surface area contributed by atoms with E-state index in [0.717, 1.165) is 18.5 Å². The smallest absolute Gasteiger partial charge is 0.339 e. The molecule has 0 unspecified atom stereocenters. The summed E-state index contributed by atoms with van der Waals surface area (Å²) in [6.07, 6.45) is 0.825. The third-order valence-electron chi connectivity index (χ3n) is 2.93. The molecule has 1 aromatic carbocycles. The van der Waals surface area contributed by atoms with Crippen LogP contribution in [0.25, 0.3) is 0 Å². The highest BCUT2D eigenvalue weighted by Crippen LogP contribution is 2.37. The monoisotopic (exact) mass is 333 g/mol. The SMILES string of the molecule is Cc1c(Br)cc(C(=O)O)c(O[C@H]2CCNC2)c1Cl. The molecule has 1 aliphatic rings. The number of aromatic carboxylic acids is 1. The zero-order valence-electron chi connectivity index (χ0n) is 9.80. The topological polar surface area (TPSA) is 58.6 Å². The molecule has 2 N–H and O–H groups in total. The van der Waals surface area contributed by atoms with Crippen molar-refractivity contribution < 1.29 is 14.6 Å². The van der Waals surface area contributed by atoms with Gasteiger partial charge in [0.2, 0.25) is 0 Å². The molecule has 1 atom stereocenters. The second-order valence-electron chi connectivity index (χ2n) is 4.21. The van der Waals surface area contributed by atoms with Crippen LogP contribution in [-0.2, 0) is 0 Å². The van der Waals surface area contributed by atoms with Crippen LogP contribution in [0.5, 0.6) is 5.75 Å². The van der Waals surface area contributed by atoms with Gasteiger partial charge in [0, 0.05) is 11.0 Å². The van der Waals surface area contributed by atoms with Crippen molar-refractivity contribution in [3.63, 3.8) is 0 Å². The predicted octanol–water partition coefficient (Wildman–Crippen LogP) is 2.85. The Morgan fingerprint density at radius 1 is 1.67 bits per heavy atom. The second-order valence-corrected chi connectivity index (χ2v) is 5.44. The van der Waals surface area contributed by atoms with E-state index in [-0.39, 0.29) is 17.4 Å². The molecule has 6 heteroatoms. The molecular weight excluding hydrogens is 321 g/mol. The van der Waals surface area contributed by atoms with Gasteiger partial charge < -0.3 is 15.2 Å². The lowest BCUT2D eigenvalue weighted by Gasteiger charge is -2.17. The molecule has 1 fully saturated rings. The number of halogens is 2. The molecule has 0 aliphatic carbocycles. The number of carbonyl (C=O) groups is 1. The van der Waals surface area contributed by atoms with Gasteiger partial charge in [0.15, 0.2) is 5.75 Å². The largest absolute Gasteiger partial charge is 0.487 e. The van der Waals surface area contributed by atoms with Gasteiger partial charge in [-0.2, -0.15) is 0 Å². The Bertz CT molecular complexity index is 487. The molecule has 1 aromatic rings. The first-order valence-corrected chi connectivity index (χ1v) is 6.77. The van der Waals surface area contributed by atoms with Gasteiger partial charge in [0.05, 0.1) is 5.02 Å². The molecule has 1 aliphatic heterocycles. The van der Waals surface area contributed by atoms with Gasteiger partial charge in [0.25, 0.3) is 0 Å². The molecule has 4 nitrogen and oxygen atoms in total. The van der Waals surface area contributed by atoms with Crippen molar-refractivity contribution in [2.75, 3.05) is 13.1 Å². The fourth-order valence-electron chi connectivity index (χ4n) is 1.86. The second kappa shape index (κ2) is 5.47. The van der Waals surface area contributed by atoms with Gasteiger partial charge in [-0.3, -0.25) is 0 Å². The van der Waals surface area contributed by atoms with Gasteiger partial charge in [-0.1, -0.05) is 27.5 Å². The third-order valence-corrected chi connectivity index (χ3v) is 4.21. The minimum absolute atomic E-state index is 0.0267. The predicted molar refractivity (Wildman–Crippen MR) is 72.8 cm³/mol. The van der Waals surface area contributed by atoms with Crippen LogP contribution < -0.4 is 10.1 Å². The number of carboxylic acids is 1. The van der Waals surface area contributed by atoms with Gasteiger partial charge in [0.1, 0.15) is 11.7 Å². The summed E-state index contributed by atoms with van der Waals surface area (Å²) in [5.41, 5.74) is 0.868. The first kappa shape index (κ1) is 13.6. The lowest BCUT2D eigenvalue weighted by atomic mass is 10.1. The van der Waals surface area contributed by atoms with Crippen molar-refractivity contribution in [2.24, 2.45) is 0 Å². The van der Waals surface area contributed by atoms with Crippen molar-refractivity contribution in [2.45, 2.75) is 19.4 Å². The molecule has 0 saturated carbocycles. The third kappa shape index (κ3) is 2.63. The highest BCUT2D eigenvalue weighted by molar-refractivity contribution is 9.10. The zero-order valence-corrected chi connectivity index (χ0v) is 12.1. The molecule has 2 rings (SSSR count). The average Bonchev–Trinajstić information content (AvgIpc) is 2.82. The Balaban J connectivity index is 2.42. The average molecular weight is 335 g/mol. The Kier molecular flexibility index (Phi) is 4.14. The van der Waals surface area contributed by atoms with Gasteiger partial charge >= 0.3 is 5.97 Å². The molecule has 0 radical (unpaired) electrons.